The Balaban J connectivity index is 1.78. The van der Waals surface area contributed by atoms with Crippen LogP contribution in [0.2, 0.25) is 0 Å². The average Bonchev–Trinajstić information content (AvgIpc) is 2.68. The first-order valence-electron chi connectivity index (χ1n) is 8.78. The Morgan fingerprint density at radius 3 is 2.50 bits per heavy atom. The number of ether oxygens (including phenoxy) is 1. The molecule has 3 heteroatoms. The number of nitrogens with zero attached hydrogens (tertiary/aromatic N) is 1. The quantitative estimate of drug-likeness (QED) is 0.758. The summed E-state index contributed by atoms with van der Waals surface area (Å²) in [6.07, 6.45) is 9.76. The molecule has 118 valence electrons. The van der Waals surface area contributed by atoms with E-state index < -0.39 is 0 Å². The molecule has 1 N–H and O–H groups in total. The molecule has 0 aromatic rings. The van der Waals surface area contributed by atoms with Crippen molar-refractivity contribution >= 4 is 0 Å². The van der Waals surface area contributed by atoms with Gasteiger partial charge in [-0.15, -0.1) is 0 Å². The molecular weight excluding hydrogens is 248 g/mol. The molecule has 2 rings (SSSR count). The molecule has 2 unspecified atom stereocenters. The molecule has 0 aromatic carbocycles. The Bertz CT molecular complexity index is 251. The summed E-state index contributed by atoms with van der Waals surface area (Å²) in [5, 5.41) is 3.75. The van der Waals surface area contributed by atoms with Crippen molar-refractivity contribution in [1.29, 1.82) is 0 Å². The zero-order valence-electron chi connectivity index (χ0n) is 13.6. The van der Waals surface area contributed by atoms with Crippen LogP contribution in [0.5, 0.6) is 0 Å². The highest BCUT2D eigenvalue weighted by atomic mass is 16.5. The maximum atomic E-state index is 5.30. The SMILES string of the molecule is CCNC1CCCCCC1CN1CCC(COC)CC1. The highest BCUT2D eigenvalue weighted by Gasteiger charge is 2.27. The zero-order chi connectivity index (χ0) is 14.2. The van der Waals surface area contributed by atoms with Crippen molar-refractivity contribution in [3.8, 4) is 0 Å². The number of hydrogen-bond donors (Lipinski definition) is 1. The van der Waals surface area contributed by atoms with Crippen molar-refractivity contribution < 1.29 is 4.74 Å². The van der Waals surface area contributed by atoms with Crippen LogP contribution in [0, 0.1) is 11.8 Å². The monoisotopic (exact) mass is 282 g/mol. The van der Waals surface area contributed by atoms with Gasteiger partial charge in [-0.2, -0.15) is 0 Å². The van der Waals surface area contributed by atoms with Gasteiger partial charge in [0.1, 0.15) is 0 Å². The van der Waals surface area contributed by atoms with Crippen LogP contribution in [0.4, 0.5) is 0 Å². The van der Waals surface area contributed by atoms with Gasteiger partial charge in [-0.1, -0.05) is 26.2 Å². The van der Waals surface area contributed by atoms with Crippen LogP contribution < -0.4 is 5.32 Å². The Labute approximate surface area is 125 Å². The Morgan fingerprint density at radius 1 is 1.05 bits per heavy atom. The van der Waals surface area contributed by atoms with E-state index in [0.29, 0.717) is 0 Å². The van der Waals surface area contributed by atoms with Gasteiger partial charge in [-0.3, -0.25) is 0 Å². The highest BCUT2D eigenvalue weighted by Crippen LogP contribution is 2.26. The van der Waals surface area contributed by atoms with Crippen molar-refractivity contribution in [2.75, 3.05) is 39.9 Å². The molecule has 1 aliphatic carbocycles. The van der Waals surface area contributed by atoms with Gasteiger partial charge < -0.3 is 15.0 Å². The molecule has 1 aliphatic heterocycles. The summed E-state index contributed by atoms with van der Waals surface area (Å²) in [5.41, 5.74) is 0. The van der Waals surface area contributed by atoms with Crippen LogP contribution in [0.1, 0.15) is 51.9 Å². The second kappa shape index (κ2) is 9.01. The molecule has 20 heavy (non-hydrogen) atoms. The first kappa shape index (κ1) is 16.3. The number of nitrogens with one attached hydrogen (secondary N) is 1. The minimum atomic E-state index is 0.763. The normalized spacial score (nSPS) is 30.3. The van der Waals surface area contributed by atoms with E-state index in [9.17, 15) is 0 Å². The summed E-state index contributed by atoms with van der Waals surface area (Å²) in [7, 11) is 1.83. The summed E-state index contributed by atoms with van der Waals surface area (Å²) >= 11 is 0. The third kappa shape index (κ3) is 5.01. The van der Waals surface area contributed by atoms with Crippen LogP contribution in [-0.4, -0.2) is 50.8 Å². The summed E-state index contributed by atoms with van der Waals surface area (Å²) in [6, 6.07) is 0.763. The van der Waals surface area contributed by atoms with Crippen molar-refractivity contribution in [3.63, 3.8) is 0 Å². The number of rotatable bonds is 6. The van der Waals surface area contributed by atoms with Gasteiger partial charge in [0.25, 0.3) is 0 Å². The minimum absolute atomic E-state index is 0.763. The second-order valence-electron chi connectivity index (χ2n) is 6.76. The Kier molecular flexibility index (Phi) is 7.32. The van der Waals surface area contributed by atoms with Crippen molar-refractivity contribution in [2.24, 2.45) is 11.8 Å². The lowest BCUT2D eigenvalue weighted by Gasteiger charge is -2.36. The predicted octanol–water partition coefficient (Wildman–Crippen LogP) is 2.90. The Morgan fingerprint density at radius 2 is 1.80 bits per heavy atom. The Hall–Kier alpha value is -0.120. The van der Waals surface area contributed by atoms with Crippen molar-refractivity contribution in [1.82, 2.24) is 10.2 Å². The van der Waals surface area contributed by atoms with Crippen LogP contribution in [0.15, 0.2) is 0 Å². The van der Waals surface area contributed by atoms with E-state index in [4.69, 9.17) is 4.74 Å². The smallest absolute Gasteiger partial charge is 0.0491 e. The van der Waals surface area contributed by atoms with Gasteiger partial charge >= 0.3 is 0 Å². The predicted molar refractivity (Wildman–Crippen MR) is 85.1 cm³/mol. The standard InChI is InChI=1S/C17H34N2O/c1-3-18-17-8-6-4-5-7-16(17)13-19-11-9-15(10-12-19)14-20-2/h15-18H,3-14H2,1-2H3. The molecule has 3 nitrogen and oxygen atoms in total. The maximum Gasteiger partial charge on any atom is 0.0491 e. The van der Waals surface area contributed by atoms with E-state index in [0.717, 1.165) is 31.0 Å². The fourth-order valence-electron chi connectivity index (χ4n) is 4.04. The summed E-state index contributed by atoms with van der Waals surface area (Å²) in [4.78, 5) is 2.71. The van der Waals surface area contributed by atoms with Gasteiger partial charge in [-0.05, 0) is 57.2 Å². The van der Waals surface area contributed by atoms with Gasteiger partial charge in [0.05, 0.1) is 0 Å². The highest BCUT2D eigenvalue weighted by molar-refractivity contribution is 4.83. The lowest BCUT2D eigenvalue weighted by atomic mass is 9.91. The van der Waals surface area contributed by atoms with Crippen LogP contribution >= 0.6 is 0 Å². The molecule has 0 spiro atoms. The molecule has 0 amide bonds. The average molecular weight is 282 g/mol. The molecular formula is C17H34N2O. The molecule has 2 atom stereocenters. The van der Waals surface area contributed by atoms with Crippen molar-refractivity contribution in [3.05, 3.63) is 0 Å². The fraction of sp³-hybridized carbons (Fsp3) is 1.00. The fourth-order valence-corrected chi connectivity index (χ4v) is 4.04. The molecule has 1 saturated heterocycles. The molecule has 2 fully saturated rings. The second-order valence-corrected chi connectivity index (χ2v) is 6.76. The third-order valence-electron chi connectivity index (χ3n) is 5.23. The number of likely N-dealkylation sites (tertiary alicyclic amines) is 1. The van der Waals surface area contributed by atoms with Gasteiger partial charge in [0.15, 0.2) is 0 Å². The third-order valence-corrected chi connectivity index (χ3v) is 5.23. The number of methoxy groups -OCH3 is 1. The maximum absolute atomic E-state index is 5.30. The topological polar surface area (TPSA) is 24.5 Å². The largest absolute Gasteiger partial charge is 0.384 e. The van der Waals surface area contributed by atoms with E-state index >= 15 is 0 Å². The zero-order valence-corrected chi connectivity index (χ0v) is 13.6. The summed E-state index contributed by atoms with van der Waals surface area (Å²) in [6.45, 7) is 8.21. The molecule has 2 aliphatic rings. The van der Waals surface area contributed by atoms with E-state index in [1.165, 1.54) is 64.6 Å². The van der Waals surface area contributed by atoms with Crippen LogP contribution in [-0.2, 0) is 4.74 Å². The molecule has 0 radical (unpaired) electrons. The first-order chi connectivity index (χ1) is 9.83. The first-order valence-corrected chi connectivity index (χ1v) is 8.78. The summed E-state index contributed by atoms with van der Waals surface area (Å²) in [5.74, 6) is 1.67. The summed E-state index contributed by atoms with van der Waals surface area (Å²) < 4.78 is 5.30. The molecule has 1 heterocycles. The van der Waals surface area contributed by atoms with E-state index in [2.05, 4.69) is 17.1 Å². The molecule has 0 bridgehead atoms. The van der Waals surface area contributed by atoms with Gasteiger partial charge in [0, 0.05) is 26.3 Å². The van der Waals surface area contributed by atoms with Gasteiger partial charge in [0.2, 0.25) is 0 Å². The van der Waals surface area contributed by atoms with Crippen LogP contribution in [0.3, 0.4) is 0 Å². The van der Waals surface area contributed by atoms with E-state index in [-0.39, 0.29) is 0 Å². The number of piperidine rings is 1. The molecule has 1 saturated carbocycles. The van der Waals surface area contributed by atoms with Crippen LogP contribution in [0.25, 0.3) is 0 Å². The van der Waals surface area contributed by atoms with E-state index in [1.807, 2.05) is 7.11 Å². The number of hydrogen-bond acceptors (Lipinski definition) is 3. The lowest BCUT2D eigenvalue weighted by Crippen LogP contribution is -2.44. The lowest BCUT2D eigenvalue weighted by molar-refractivity contribution is 0.0876. The minimum Gasteiger partial charge on any atom is -0.384 e. The van der Waals surface area contributed by atoms with Gasteiger partial charge in [-0.25, -0.2) is 0 Å². The van der Waals surface area contributed by atoms with Crippen molar-refractivity contribution in [2.45, 2.75) is 57.9 Å². The molecule has 0 aromatic heterocycles. The van der Waals surface area contributed by atoms with E-state index in [1.54, 1.807) is 0 Å².